The molecule has 0 aromatic heterocycles. The van der Waals surface area contributed by atoms with Gasteiger partial charge in [-0.2, -0.15) is 8.78 Å². The van der Waals surface area contributed by atoms with Crippen molar-refractivity contribution in [2.45, 2.75) is 6.61 Å². The van der Waals surface area contributed by atoms with Gasteiger partial charge >= 0.3 is 6.61 Å². The quantitative estimate of drug-likeness (QED) is 0.741. The van der Waals surface area contributed by atoms with E-state index in [1.165, 1.54) is 37.3 Å². The molecule has 0 aliphatic rings. The molecule has 28 heavy (non-hydrogen) atoms. The van der Waals surface area contributed by atoms with Gasteiger partial charge in [-0.25, -0.2) is 0 Å². The summed E-state index contributed by atoms with van der Waals surface area (Å²) in [5.41, 5.74) is 1.28. The van der Waals surface area contributed by atoms with E-state index in [0.717, 1.165) is 0 Å². The van der Waals surface area contributed by atoms with Gasteiger partial charge in [0.2, 0.25) is 5.91 Å². The van der Waals surface area contributed by atoms with Gasteiger partial charge in [0.05, 0.1) is 13.7 Å². The number of carbonyl (C=O) groups is 2. The van der Waals surface area contributed by atoms with E-state index in [-0.39, 0.29) is 23.6 Å². The van der Waals surface area contributed by atoms with E-state index < -0.39 is 18.4 Å². The summed E-state index contributed by atoms with van der Waals surface area (Å²) in [5.74, 6) is 1.34. The summed E-state index contributed by atoms with van der Waals surface area (Å²) in [4.78, 5) is 25.9. The molecule has 0 heterocycles. The third-order valence-electron chi connectivity index (χ3n) is 3.67. The highest BCUT2D eigenvalue weighted by molar-refractivity contribution is 5.99. The highest BCUT2D eigenvalue weighted by Crippen LogP contribution is 2.29. The molecule has 0 bridgehead atoms. The van der Waals surface area contributed by atoms with Crippen LogP contribution in [0.1, 0.15) is 15.9 Å². The summed E-state index contributed by atoms with van der Waals surface area (Å²) in [5, 5.41) is 2.65. The zero-order valence-electron chi connectivity index (χ0n) is 15.2. The topological polar surface area (TPSA) is 67.9 Å². The largest absolute Gasteiger partial charge is 0.493 e. The third-order valence-corrected chi connectivity index (χ3v) is 3.67. The Morgan fingerprint density at radius 2 is 1.96 bits per heavy atom. The van der Waals surface area contributed by atoms with Crippen LogP contribution in [0.5, 0.6) is 11.5 Å². The first-order valence-corrected chi connectivity index (χ1v) is 8.09. The smallest absolute Gasteiger partial charge is 0.387 e. The molecule has 0 saturated carbocycles. The molecule has 0 unspecified atom stereocenters. The van der Waals surface area contributed by atoms with E-state index in [1.807, 2.05) is 0 Å². The molecule has 0 spiro atoms. The van der Waals surface area contributed by atoms with Crippen molar-refractivity contribution in [3.05, 3.63) is 53.6 Å². The van der Waals surface area contributed by atoms with E-state index in [0.29, 0.717) is 11.3 Å². The fraction of sp³-hybridized carbons (Fsp3) is 0.200. The molecule has 0 saturated heterocycles. The van der Waals surface area contributed by atoms with E-state index >= 15 is 0 Å². The van der Waals surface area contributed by atoms with Crippen LogP contribution in [-0.2, 0) is 4.79 Å². The Bertz CT molecular complexity index is 909. The van der Waals surface area contributed by atoms with Gasteiger partial charge in [0.15, 0.2) is 11.5 Å². The first-order valence-electron chi connectivity index (χ1n) is 8.09. The summed E-state index contributed by atoms with van der Waals surface area (Å²) in [6.07, 6.45) is 5.32. The van der Waals surface area contributed by atoms with Gasteiger partial charge in [-0.3, -0.25) is 9.59 Å². The van der Waals surface area contributed by atoms with Crippen LogP contribution >= 0.6 is 0 Å². The van der Waals surface area contributed by atoms with E-state index in [9.17, 15) is 18.4 Å². The second-order valence-electron chi connectivity index (χ2n) is 5.68. The van der Waals surface area contributed by atoms with Crippen molar-refractivity contribution in [1.82, 2.24) is 4.90 Å². The lowest BCUT2D eigenvalue weighted by atomic mass is 10.1. The number of anilines is 1. The minimum absolute atomic E-state index is 0.0184. The molecule has 2 aromatic rings. The van der Waals surface area contributed by atoms with Crippen molar-refractivity contribution in [2.24, 2.45) is 0 Å². The van der Waals surface area contributed by atoms with Crippen LogP contribution in [0.2, 0.25) is 0 Å². The van der Waals surface area contributed by atoms with Crippen molar-refractivity contribution < 1.29 is 27.8 Å². The maximum atomic E-state index is 12.5. The first-order chi connectivity index (χ1) is 13.3. The number of halogens is 2. The van der Waals surface area contributed by atoms with E-state index in [2.05, 4.69) is 16.0 Å². The number of nitrogens with zero attached hydrogens (tertiary/aromatic N) is 1. The van der Waals surface area contributed by atoms with Crippen molar-refractivity contribution in [1.29, 1.82) is 0 Å². The maximum absolute atomic E-state index is 12.5. The molecule has 0 atom stereocenters. The first kappa shape index (κ1) is 20.7. The molecule has 0 aliphatic carbocycles. The predicted molar refractivity (Wildman–Crippen MR) is 99.6 cm³/mol. The van der Waals surface area contributed by atoms with Crippen LogP contribution in [0.4, 0.5) is 14.5 Å². The van der Waals surface area contributed by atoms with Crippen LogP contribution in [-0.4, -0.2) is 44.0 Å². The summed E-state index contributed by atoms with van der Waals surface area (Å²) < 4.78 is 34.1. The number of amides is 2. The van der Waals surface area contributed by atoms with Crippen LogP contribution < -0.4 is 14.8 Å². The van der Waals surface area contributed by atoms with Gasteiger partial charge < -0.3 is 19.7 Å². The number of ether oxygens (including phenoxy) is 2. The number of hydrogen-bond acceptors (Lipinski definition) is 4. The highest BCUT2D eigenvalue weighted by atomic mass is 19.3. The van der Waals surface area contributed by atoms with Gasteiger partial charge in [-0.15, -0.1) is 6.42 Å². The average Bonchev–Trinajstić information content (AvgIpc) is 2.67. The van der Waals surface area contributed by atoms with Gasteiger partial charge in [-0.05, 0) is 36.4 Å². The number of benzene rings is 2. The number of likely N-dealkylation sites (N-methyl/N-ethyl adjacent to an activating group) is 1. The molecule has 2 amide bonds. The Labute approximate surface area is 161 Å². The monoisotopic (exact) mass is 388 g/mol. The molecule has 1 N–H and O–H groups in total. The summed E-state index contributed by atoms with van der Waals surface area (Å²) in [6.45, 7) is -3.24. The second kappa shape index (κ2) is 9.37. The van der Waals surface area contributed by atoms with Gasteiger partial charge in [0.25, 0.3) is 5.91 Å². The summed E-state index contributed by atoms with van der Waals surface area (Å²) in [6, 6.07) is 10.5. The lowest BCUT2D eigenvalue weighted by Crippen LogP contribution is -2.34. The Hall–Kier alpha value is -3.60. The predicted octanol–water partition coefficient (Wildman–Crippen LogP) is 2.99. The minimum atomic E-state index is -3.02. The number of terminal acetylenes is 1. The molecule has 2 aromatic carbocycles. The summed E-state index contributed by atoms with van der Waals surface area (Å²) >= 11 is 0. The number of rotatable bonds is 7. The van der Waals surface area contributed by atoms with Gasteiger partial charge in [-0.1, -0.05) is 12.0 Å². The number of alkyl halides is 2. The molecular formula is C20H18F2N2O4. The number of nitrogens with one attached hydrogen (secondary N) is 1. The summed E-state index contributed by atoms with van der Waals surface area (Å²) in [7, 11) is 2.71. The second-order valence-corrected chi connectivity index (χ2v) is 5.68. The number of carbonyl (C=O) groups excluding carboxylic acids is 2. The molecule has 0 radical (unpaired) electrons. The lowest BCUT2D eigenvalue weighted by molar-refractivity contribution is -0.116. The van der Waals surface area contributed by atoms with Crippen LogP contribution in [0.3, 0.4) is 0 Å². The molecular weight excluding hydrogens is 370 g/mol. The lowest BCUT2D eigenvalue weighted by Gasteiger charge is -2.18. The standard InChI is InChI=1S/C20H18F2N2O4/c1-4-13-6-5-7-15(10-13)23-18(25)12-24(2)19(26)14-8-9-16(28-20(21)22)17(11-14)27-3/h1,5-11,20H,12H2,2-3H3,(H,23,25). The molecule has 0 aliphatic heterocycles. The Morgan fingerprint density at radius 1 is 1.21 bits per heavy atom. The van der Waals surface area contributed by atoms with E-state index in [1.54, 1.807) is 24.3 Å². The molecule has 8 heteroatoms. The SMILES string of the molecule is C#Cc1cccc(NC(=O)CN(C)C(=O)c2ccc(OC(F)F)c(OC)c2)c1. The average molecular weight is 388 g/mol. The molecule has 2 rings (SSSR count). The van der Waals surface area contributed by atoms with Gasteiger partial charge in [0.1, 0.15) is 0 Å². The zero-order valence-corrected chi connectivity index (χ0v) is 15.2. The van der Waals surface area contributed by atoms with Crippen molar-refractivity contribution in [3.8, 4) is 23.8 Å². The van der Waals surface area contributed by atoms with Crippen molar-refractivity contribution in [2.75, 3.05) is 26.0 Å². The Balaban J connectivity index is 2.05. The maximum Gasteiger partial charge on any atom is 0.387 e. The fourth-order valence-electron chi connectivity index (χ4n) is 2.39. The van der Waals surface area contributed by atoms with Crippen molar-refractivity contribution >= 4 is 17.5 Å². The number of methoxy groups -OCH3 is 1. The van der Waals surface area contributed by atoms with Crippen LogP contribution in [0.15, 0.2) is 42.5 Å². The zero-order chi connectivity index (χ0) is 20.7. The normalized spacial score (nSPS) is 10.1. The van der Waals surface area contributed by atoms with Crippen LogP contribution in [0, 0.1) is 12.3 Å². The minimum Gasteiger partial charge on any atom is -0.493 e. The molecule has 0 fully saturated rings. The Morgan fingerprint density at radius 3 is 2.61 bits per heavy atom. The van der Waals surface area contributed by atoms with E-state index in [4.69, 9.17) is 11.2 Å². The van der Waals surface area contributed by atoms with Gasteiger partial charge in [0, 0.05) is 23.9 Å². The highest BCUT2D eigenvalue weighted by Gasteiger charge is 2.18. The Kier molecular flexibility index (Phi) is 6.93. The fourth-order valence-corrected chi connectivity index (χ4v) is 2.39. The third kappa shape index (κ3) is 5.45. The van der Waals surface area contributed by atoms with Crippen LogP contribution in [0.25, 0.3) is 0 Å². The molecule has 6 nitrogen and oxygen atoms in total. The van der Waals surface area contributed by atoms with Crippen molar-refractivity contribution in [3.63, 3.8) is 0 Å². The molecule has 146 valence electrons. The number of hydrogen-bond donors (Lipinski definition) is 1.